The van der Waals surface area contributed by atoms with Gasteiger partial charge >= 0.3 is 5.97 Å². The van der Waals surface area contributed by atoms with Crippen LogP contribution in [0.2, 0.25) is 0 Å². The van der Waals surface area contributed by atoms with E-state index in [1.807, 2.05) is 38.1 Å². The molecule has 0 bridgehead atoms. The molecule has 27 heavy (non-hydrogen) atoms. The molecule has 1 N–H and O–H groups in total. The average molecular weight is 366 g/mol. The molecule has 0 saturated heterocycles. The van der Waals surface area contributed by atoms with E-state index in [4.69, 9.17) is 14.7 Å². The van der Waals surface area contributed by atoms with E-state index in [0.717, 1.165) is 16.9 Å². The first-order valence-corrected chi connectivity index (χ1v) is 8.64. The third-order valence-corrected chi connectivity index (χ3v) is 3.82. The molecule has 0 unspecified atom stereocenters. The molecule has 140 valence electrons. The van der Waals surface area contributed by atoms with E-state index in [9.17, 15) is 9.59 Å². The Balaban J connectivity index is 1.67. The minimum absolute atomic E-state index is 0.0172. The van der Waals surface area contributed by atoms with Crippen molar-refractivity contribution in [2.24, 2.45) is 0 Å². The zero-order valence-electron chi connectivity index (χ0n) is 15.5. The van der Waals surface area contributed by atoms with E-state index in [-0.39, 0.29) is 32.0 Å². The van der Waals surface area contributed by atoms with Crippen molar-refractivity contribution in [1.29, 1.82) is 5.26 Å². The van der Waals surface area contributed by atoms with E-state index in [1.165, 1.54) is 0 Å². The molecule has 0 atom stereocenters. The molecule has 2 aromatic rings. The van der Waals surface area contributed by atoms with Gasteiger partial charge in [-0.05, 0) is 43.2 Å². The van der Waals surface area contributed by atoms with E-state index in [1.54, 1.807) is 24.3 Å². The largest absolute Gasteiger partial charge is 0.493 e. The molecule has 0 spiro atoms. The summed E-state index contributed by atoms with van der Waals surface area (Å²) in [4.78, 5) is 23.6. The summed E-state index contributed by atoms with van der Waals surface area (Å²) in [6.45, 7) is 4.10. The molecule has 1 amide bonds. The third-order valence-electron chi connectivity index (χ3n) is 3.82. The van der Waals surface area contributed by atoms with Gasteiger partial charge in [-0.1, -0.05) is 24.3 Å². The number of carbonyl (C=O) groups is 2. The van der Waals surface area contributed by atoms with Crippen molar-refractivity contribution >= 4 is 17.6 Å². The van der Waals surface area contributed by atoms with Gasteiger partial charge in [0, 0.05) is 0 Å². The zero-order valence-corrected chi connectivity index (χ0v) is 15.5. The Morgan fingerprint density at radius 2 is 1.85 bits per heavy atom. The van der Waals surface area contributed by atoms with Crippen molar-refractivity contribution in [3.8, 4) is 11.8 Å². The standard InChI is InChI=1S/C21H22N2O4/c1-15-7-8-16(2)19(13-15)26-12-10-21(25)27-11-9-20(24)23-18-6-4-3-5-17(18)14-22/h3-8,13H,9-12H2,1-2H3,(H,23,24). The SMILES string of the molecule is Cc1ccc(C)c(OCCC(=O)OCCC(=O)Nc2ccccc2C#N)c1. The molecule has 0 aliphatic heterocycles. The number of carbonyl (C=O) groups excluding carboxylic acids is 2. The van der Waals surface area contributed by atoms with Crippen LogP contribution in [0, 0.1) is 25.2 Å². The number of aryl methyl sites for hydroxylation is 2. The summed E-state index contributed by atoms with van der Waals surface area (Å²) in [6.07, 6.45) is 0.121. The van der Waals surface area contributed by atoms with Gasteiger partial charge in [0.15, 0.2) is 0 Å². The Bertz CT molecular complexity index is 856. The van der Waals surface area contributed by atoms with Crippen LogP contribution in [0.15, 0.2) is 42.5 Å². The smallest absolute Gasteiger partial charge is 0.309 e. The van der Waals surface area contributed by atoms with Gasteiger partial charge in [-0.25, -0.2) is 0 Å². The van der Waals surface area contributed by atoms with Gasteiger partial charge in [0.05, 0.1) is 30.7 Å². The fourth-order valence-corrected chi connectivity index (χ4v) is 2.34. The van der Waals surface area contributed by atoms with Gasteiger partial charge in [-0.2, -0.15) is 5.26 Å². The van der Waals surface area contributed by atoms with Gasteiger partial charge in [0.1, 0.15) is 18.4 Å². The van der Waals surface area contributed by atoms with Crippen LogP contribution in [0.25, 0.3) is 0 Å². The normalized spacial score (nSPS) is 9.96. The number of rotatable bonds is 8. The van der Waals surface area contributed by atoms with Gasteiger partial charge in [0.25, 0.3) is 0 Å². The first-order chi connectivity index (χ1) is 13.0. The minimum Gasteiger partial charge on any atom is -0.493 e. The van der Waals surface area contributed by atoms with Crippen molar-refractivity contribution in [2.45, 2.75) is 26.7 Å². The lowest BCUT2D eigenvalue weighted by atomic mass is 10.1. The van der Waals surface area contributed by atoms with Crippen LogP contribution in [0.5, 0.6) is 5.75 Å². The number of anilines is 1. The van der Waals surface area contributed by atoms with Crippen molar-refractivity contribution in [1.82, 2.24) is 0 Å². The Hall–Kier alpha value is -3.33. The third kappa shape index (κ3) is 6.48. The van der Waals surface area contributed by atoms with Gasteiger partial charge in [-0.15, -0.1) is 0 Å². The maximum Gasteiger partial charge on any atom is 0.309 e. The second-order valence-corrected chi connectivity index (χ2v) is 6.04. The highest BCUT2D eigenvalue weighted by molar-refractivity contribution is 5.92. The summed E-state index contributed by atoms with van der Waals surface area (Å²) in [5, 5.41) is 11.6. The molecular formula is C21H22N2O4. The number of esters is 1. The summed E-state index contributed by atoms with van der Waals surface area (Å²) in [5.41, 5.74) is 2.91. The molecule has 0 aliphatic rings. The first kappa shape index (κ1) is 20.0. The van der Waals surface area contributed by atoms with Crippen molar-refractivity contribution in [3.63, 3.8) is 0 Å². The molecule has 2 rings (SSSR count). The molecule has 0 aromatic heterocycles. The van der Waals surface area contributed by atoms with Gasteiger partial charge in [0.2, 0.25) is 5.91 Å². The van der Waals surface area contributed by atoms with E-state index in [2.05, 4.69) is 5.32 Å². The van der Waals surface area contributed by atoms with Crippen LogP contribution in [0.1, 0.15) is 29.5 Å². The maximum absolute atomic E-state index is 11.9. The number of ether oxygens (including phenoxy) is 2. The van der Waals surface area contributed by atoms with Gasteiger partial charge in [-0.3, -0.25) is 9.59 Å². The van der Waals surface area contributed by atoms with Crippen LogP contribution < -0.4 is 10.1 Å². The molecule has 0 aliphatic carbocycles. The summed E-state index contributed by atoms with van der Waals surface area (Å²) < 4.78 is 10.7. The summed E-state index contributed by atoms with van der Waals surface area (Å²) in [5.74, 6) is 0.000928. The highest BCUT2D eigenvalue weighted by Gasteiger charge is 2.09. The predicted molar refractivity (Wildman–Crippen MR) is 101 cm³/mol. The first-order valence-electron chi connectivity index (χ1n) is 8.64. The highest BCUT2D eigenvalue weighted by atomic mass is 16.5. The molecule has 0 radical (unpaired) electrons. The van der Waals surface area contributed by atoms with Crippen LogP contribution in [0.3, 0.4) is 0 Å². The van der Waals surface area contributed by atoms with E-state index >= 15 is 0 Å². The number of nitrogens with zero attached hydrogens (tertiary/aromatic N) is 1. The number of hydrogen-bond acceptors (Lipinski definition) is 5. The summed E-state index contributed by atoms with van der Waals surface area (Å²) in [7, 11) is 0. The second-order valence-electron chi connectivity index (χ2n) is 6.04. The molecule has 0 saturated carbocycles. The van der Waals surface area contributed by atoms with Crippen LogP contribution in [0.4, 0.5) is 5.69 Å². The Morgan fingerprint density at radius 1 is 1.07 bits per heavy atom. The lowest BCUT2D eigenvalue weighted by Gasteiger charge is -2.10. The van der Waals surface area contributed by atoms with Crippen LogP contribution in [-0.4, -0.2) is 25.1 Å². The number of nitriles is 1. The fourth-order valence-electron chi connectivity index (χ4n) is 2.34. The Morgan fingerprint density at radius 3 is 2.63 bits per heavy atom. The molecule has 6 nitrogen and oxygen atoms in total. The molecule has 2 aromatic carbocycles. The fraction of sp³-hybridized carbons (Fsp3) is 0.286. The topological polar surface area (TPSA) is 88.4 Å². The zero-order chi connectivity index (χ0) is 19.6. The van der Waals surface area contributed by atoms with Gasteiger partial charge < -0.3 is 14.8 Å². The summed E-state index contributed by atoms with van der Waals surface area (Å²) >= 11 is 0. The Labute approximate surface area is 158 Å². The predicted octanol–water partition coefficient (Wildman–Crippen LogP) is 3.52. The Kier molecular flexibility index (Phi) is 7.38. The molecule has 6 heteroatoms. The monoisotopic (exact) mass is 366 g/mol. The van der Waals surface area contributed by atoms with E-state index in [0.29, 0.717) is 11.3 Å². The highest BCUT2D eigenvalue weighted by Crippen LogP contribution is 2.19. The number of para-hydroxylation sites is 1. The summed E-state index contributed by atoms with van der Waals surface area (Å²) in [6, 6.07) is 14.6. The van der Waals surface area contributed by atoms with Crippen LogP contribution in [-0.2, 0) is 14.3 Å². The van der Waals surface area contributed by atoms with Crippen molar-refractivity contribution in [2.75, 3.05) is 18.5 Å². The molecule has 0 fully saturated rings. The lowest BCUT2D eigenvalue weighted by Crippen LogP contribution is -2.17. The van der Waals surface area contributed by atoms with Crippen molar-refractivity contribution in [3.05, 3.63) is 59.2 Å². The van der Waals surface area contributed by atoms with Crippen molar-refractivity contribution < 1.29 is 19.1 Å². The number of amides is 1. The molecule has 0 heterocycles. The number of nitrogens with one attached hydrogen (secondary N) is 1. The maximum atomic E-state index is 11.9. The van der Waals surface area contributed by atoms with E-state index < -0.39 is 5.97 Å². The lowest BCUT2D eigenvalue weighted by molar-refractivity contribution is -0.144. The minimum atomic E-state index is -0.425. The quantitative estimate of drug-likeness (QED) is 0.722. The number of hydrogen-bond donors (Lipinski definition) is 1. The number of benzene rings is 2. The average Bonchev–Trinajstić information content (AvgIpc) is 2.65. The molecular weight excluding hydrogens is 344 g/mol. The van der Waals surface area contributed by atoms with Crippen LogP contribution >= 0.6 is 0 Å². The second kappa shape index (κ2) is 9.97.